The first-order valence-corrected chi connectivity index (χ1v) is 13.7. The summed E-state index contributed by atoms with van der Waals surface area (Å²) in [7, 11) is 0. The molecule has 0 spiro atoms. The standard InChI is InChI=1S/C30H27BrClNO4/c1-2-3-4-7-16-36-22-13-10-19(11-14-22)27-26-28(34)23-17-21(31)12-15-25(23)37-29(26)30(35)33(27)18-20-8-5-6-9-24(20)32/h5-6,8-15,17,27H,2-4,7,16,18H2,1H3. The Bertz CT molecular complexity index is 1500. The third kappa shape index (κ3) is 5.18. The van der Waals surface area contributed by atoms with Crippen molar-refractivity contribution >= 4 is 44.4 Å². The zero-order chi connectivity index (χ0) is 25.9. The van der Waals surface area contributed by atoms with Crippen LogP contribution in [-0.4, -0.2) is 17.4 Å². The van der Waals surface area contributed by atoms with E-state index < -0.39 is 6.04 Å². The number of carbonyl (C=O) groups excluding carboxylic acids is 1. The van der Waals surface area contributed by atoms with E-state index in [1.54, 1.807) is 29.2 Å². The van der Waals surface area contributed by atoms with Crippen LogP contribution in [0, 0.1) is 0 Å². The number of fused-ring (bicyclic) bond motifs is 2. The van der Waals surface area contributed by atoms with Crippen LogP contribution in [0.15, 0.2) is 80.4 Å². The highest BCUT2D eigenvalue weighted by atomic mass is 79.9. The lowest BCUT2D eigenvalue weighted by molar-refractivity contribution is 0.0714. The van der Waals surface area contributed by atoms with Crippen LogP contribution in [-0.2, 0) is 6.54 Å². The molecule has 37 heavy (non-hydrogen) atoms. The first kappa shape index (κ1) is 25.6. The minimum atomic E-state index is -0.614. The van der Waals surface area contributed by atoms with Crippen LogP contribution >= 0.6 is 27.5 Å². The van der Waals surface area contributed by atoms with Crippen LogP contribution in [0.25, 0.3) is 11.0 Å². The highest BCUT2D eigenvalue weighted by Crippen LogP contribution is 2.40. The van der Waals surface area contributed by atoms with E-state index in [1.807, 2.05) is 42.5 Å². The first-order chi connectivity index (χ1) is 18.0. The average Bonchev–Trinajstić information content (AvgIpc) is 3.17. The summed E-state index contributed by atoms with van der Waals surface area (Å²) >= 11 is 9.88. The smallest absolute Gasteiger partial charge is 0.291 e. The van der Waals surface area contributed by atoms with Gasteiger partial charge in [-0.2, -0.15) is 0 Å². The molecule has 1 aliphatic heterocycles. The van der Waals surface area contributed by atoms with E-state index in [1.165, 1.54) is 12.8 Å². The first-order valence-electron chi connectivity index (χ1n) is 12.5. The lowest BCUT2D eigenvalue weighted by atomic mass is 9.98. The fourth-order valence-corrected chi connectivity index (χ4v) is 5.33. The molecule has 1 aromatic heterocycles. The summed E-state index contributed by atoms with van der Waals surface area (Å²) in [6.45, 7) is 3.08. The molecule has 5 nitrogen and oxygen atoms in total. The molecule has 1 unspecified atom stereocenters. The molecule has 1 amide bonds. The van der Waals surface area contributed by atoms with Crippen molar-refractivity contribution in [3.05, 3.63) is 109 Å². The molecule has 0 bridgehead atoms. The molecule has 0 fully saturated rings. The predicted molar refractivity (Wildman–Crippen MR) is 149 cm³/mol. The van der Waals surface area contributed by atoms with Crippen molar-refractivity contribution in [2.24, 2.45) is 0 Å². The Kier molecular flexibility index (Phi) is 7.68. The molecule has 1 aliphatic rings. The van der Waals surface area contributed by atoms with E-state index in [0.717, 1.165) is 34.2 Å². The van der Waals surface area contributed by atoms with Gasteiger partial charge in [0, 0.05) is 16.0 Å². The van der Waals surface area contributed by atoms with Gasteiger partial charge in [-0.1, -0.05) is 84.0 Å². The van der Waals surface area contributed by atoms with Crippen LogP contribution in [0.2, 0.25) is 5.02 Å². The minimum Gasteiger partial charge on any atom is -0.494 e. The van der Waals surface area contributed by atoms with Crippen molar-refractivity contribution in [1.82, 2.24) is 4.90 Å². The number of unbranched alkanes of at least 4 members (excludes halogenated alkanes) is 3. The van der Waals surface area contributed by atoms with Crippen molar-refractivity contribution in [3.63, 3.8) is 0 Å². The van der Waals surface area contributed by atoms with Crippen molar-refractivity contribution < 1.29 is 13.9 Å². The monoisotopic (exact) mass is 579 g/mol. The molecule has 0 aliphatic carbocycles. The Morgan fingerprint density at radius 1 is 1.00 bits per heavy atom. The molecule has 0 saturated heterocycles. The largest absolute Gasteiger partial charge is 0.494 e. The Labute approximate surface area is 229 Å². The van der Waals surface area contributed by atoms with Gasteiger partial charge in [0.25, 0.3) is 5.91 Å². The van der Waals surface area contributed by atoms with Gasteiger partial charge in [0.1, 0.15) is 11.3 Å². The fourth-order valence-electron chi connectivity index (χ4n) is 4.78. The fraction of sp³-hybridized carbons (Fsp3) is 0.267. The van der Waals surface area contributed by atoms with Gasteiger partial charge in [-0.25, -0.2) is 0 Å². The number of halogens is 2. The van der Waals surface area contributed by atoms with Gasteiger partial charge < -0.3 is 14.1 Å². The number of ether oxygens (including phenoxy) is 1. The molecule has 5 rings (SSSR count). The number of nitrogens with zero attached hydrogens (tertiary/aromatic N) is 1. The molecule has 4 aromatic rings. The van der Waals surface area contributed by atoms with Crippen LogP contribution in [0.5, 0.6) is 5.75 Å². The van der Waals surface area contributed by atoms with Gasteiger partial charge >= 0.3 is 0 Å². The number of rotatable bonds is 9. The molecule has 7 heteroatoms. The summed E-state index contributed by atoms with van der Waals surface area (Å²) < 4.78 is 12.7. The molecule has 0 N–H and O–H groups in total. The number of carbonyl (C=O) groups is 1. The second-order valence-corrected chi connectivity index (χ2v) is 10.5. The molecule has 2 heterocycles. The van der Waals surface area contributed by atoms with Gasteiger partial charge in [0.2, 0.25) is 5.76 Å². The van der Waals surface area contributed by atoms with Crippen molar-refractivity contribution in [1.29, 1.82) is 0 Å². The molecular formula is C30H27BrClNO4. The second kappa shape index (κ2) is 11.1. The summed E-state index contributed by atoms with van der Waals surface area (Å²) in [4.78, 5) is 29.1. The van der Waals surface area contributed by atoms with Crippen LogP contribution in [0.4, 0.5) is 0 Å². The zero-order valence-electron chi connectivity index (χ0n) is 20.5. The highest BCUT2D eigenvalue weighted by Gasteiger charge is 2.42. The van der Waals surface area contributed by atoms with Crippen LogP contribution in [0.3, 0.4) is 0 Å². The topological polar surface area (TPSA) is 59.8 Å². The molecule has 3 aromatic carbocycles. The Hall–Kier alpha value is -3.09. The Balaban J connectivity index is 1.54. The number of amides is 1. The van der Waals surface area contributed by atoms with Gasteiger partial charge in [-0.15, -0.1) is 0 Å². The number of benzene rings is 3. The van der Waals surface area contributed by atoms with Gasteiger partial charge in [-0.05, 0) is 53.9 Å². The maximum atomic E-state index is 13.8. The second-order valence-electron chi connectivity index (χ2n) is 9.22. The third-order valence-electron chi connectivity index (χ3n) is 6.69. The van der Waals surface area contributed by atoms with E-state index in [2.05, 4.69) is 22.9 Å². The average molecular weight is 581 g/mol. The molecular weight excluding hydrogens is 554 g/mol. The summed E-state index contributed by atoms with van der Waals surface area (Å²) in [6.07, 6.45) is 4.54. The van der Waals surface area contributed by atoms with E-state index in [-0.39, 0.29) is 23.6 Å². The van der Waals surface area contributed by atoms with Crippen LogP contribution in [0.1, 0.15) is 65.9 Å². The maximum Gasteiger partial charge on any atom is 0.291 e. The van der Waals surface area contributed by atoms with Crippen molar-refractivity contribution in [2.45, 2.75) is 45.2 Å². The number of hydrogen-bond donors (Lipinski definition) is 0. The third-order valence-corrected chi connectivity index (χ3v) is 7.55. The summed E-state index contributed by atoms with van der Waals surface area (Å²) in [5, 5.41) is 0.989. The number of hydrogen-bond acceptors (Lipinski definition) is 4. The van der Waals surface area contributed by atoms with E-state index in [9.17, 15) is 9.59 Å². The van der Waals surface area contributed by atoms with E-state index >= 15 is 0 Å². The van der Waals surface area contributed by atoms with Crippen molar-refractivity contribution in [2.75, 3.05) is 6.61 Å². The minimum absolute atomic E-state index is 0.0770. The molecule has 190 valence electrons. The van der Waals surface area contributed by atoms with Gasteiger partial charge in [0.15, 0.2) is 5.43 Å². The molecule has 0 radical (unpaired) electrons. The van der Waals surface area contributed by atoms with Crippen LogP contribution < -0.4 is 10.2 Å². The zero-order valence-corrected chi connectivity index (χ0v) is 22.8. The summed E-state index contributed by atoms with van der Waals surface area (Å²) in [5.74, 6) is 0.503. The molecule has 1 atom stereocenters. The SMILES string of the molecule is CCCCCCOc1ccc(C2c3c(oc4ccc(Br)cc4c3=O)C(=O)N2Cc2ccccc2Cl)cc1. The normalized spacial score (nSPS) is 14.8. The molecule has 0 saturated carbocycles. The maximum absolute atomic E-state index is 13.8. The lowest BCUT2D eigenvalue weighted by Crippen LogP contribution is -2.29. The van der Waals surface area contributed by atoms with E-state index in [4.69, 9.17) is 20.8 Å². The van der Waals surface area contributed by atoms with E-state index in [0.29, 0.717) is 28.2 Å². The van der Waals surface area contributed by atoms with Gasteiger partial charge in [-0.3, -0.25) is 9.59 Å². The Morgan fingerprint density at radius 3 is 2.54 bits per heavy atom. The van der Waals surface area contributed by atoms with Crippen molar-refractivity contribution in [3.8, 4) is 5.75 Å². The van der Waals surface area contributed by atoms with Gasteiger partial charge in [0.05, 0.1) is 23.6 Å². The summed E-state index contributed by atoms with van der Waals surface area (Å²) in [6, 6.07) is 19.6. The predicted octanol–water partition coefficient (Wildman–Crippen LogP) is 7.91. The highest BCUT2D eigenvalue weighted by molar-refractivity contribution is 9.10. The Morgan fingerprint density at radius 2 is 1.78 bits per heavy atom. The lowest BCUT2D eigenvalue weighted by Gasteiger charge is -2.25. The summed E-state index contributed by atoms with van der Waals surface area (Å²) in [5.41, 5.74) is 2.11. The quantitative estimate of drug-likeness (QED) is 0.189.